The van der Waals surface area contributed by atoms with Crippen LogP contribution in [-0.2, 0) is 4.74 Å². The van der Waals surface area contributed by atoms with Gasteiger partial charge in [-0.25, -0.2) is 0 Å². The fraction of sp³-hybridized carbons (Fsp3) is 1.00. The second-order valence-electron chi connectivity index (χ2n) is 7.04. The van der Waals surface area contributed by atoms with E-state index in [-0.39, 0.29) is 0 Å². The van der Waals surface area contributed by atoms with E-state index in [1.54, 1.807) is 7.11 Å². The van der Waals surface area contributed by atoms with Gasteiger partial charge in [-0.3, -0.25) is 0 Å². The maximum Gasteiger partial charge on any atom is 0.0587 e. The minimum absolute atomic E-state index is 0.626. The molecule has 0 radical (unpaired) electrons. The summed E-state index contributed by atoms with van der Waals surface area (Å²) in [6.45, 7) is 7.80. The molecule has 0 heterocycles. The van der Waals surface area contributed by atoms with Gasteiger partial charge in [-0.2, -0.15) is 0 Å². The van der Waals surface area contributed by atoms with Crippen LogP contribution in [0.25, 0.3) is 0 Å². The lowest BCUT2D eigenvalue weighted by Gasteiger charge is -2.39. The monoisotopic (exact) mass is 253 g/mol. The number of ether oxygens (including phenoxy) is 1. The van der Waals surface area contributed by atoms with Gasteiger partial charge in [-0.1, -0.05) is 26.7 Å². The van der Waals surface area contributed by atoms with Crippen molar-refractivity contribution in [2.75, 3.05) is 26.8 Å². The average molecular weight is 253 g/mol. The molecular formula is C16H31NO. The van der Waals surface area contributed by atoms with Gasteiger partial charge in [0, 0.05) is 20.2 Å². The highest BCUT2D eigenvalue weighted by Crippen LogP contribution is 2.57. The first-order valence-corrected chi connectivity index (χ1v) is 7.86. The summed E-state index contributed by atoms with van der Waals surface area (Å²) >= 11 is 0. The Balaban J connectivity index is 1.86. The van der Waals surface area contributed by atoms with E-state index in [2.05, 4.69) is 19.2 Å². The Bertz CT molecular complexity index is 253. The van der Waals surface area contributed by atoms with Crippen LogP contribution < -0.4 is 5.32 Å². The first-order valence-electron chi connectivity index (χ1n) is 7.86. The molecule has 2 nitrogen and oxygen atoms in total. The van der Waals surface area contributed by atoms with E-state index in [4.69, 9.17) is 4.74 Å². The number of methoxy groups -OCH3 is 1. The molecule has 2 aliphatic carbocycles. The summed E-state index contributed by atoms with van der Waals surface area (Å²) in [5.41, 5.74) is 0.626. The lowest BCUT2D eigenvalue weighted by atomic mass is 9.69. The molecule has 2 heteroatoms. The molecule has 0 amide bonds. The van der Waals surface area contributed by atoms with Crippen LogP contribution in [0.1, 0.15) is 52.4 Å². The Kier molecular flexibility index (Phi) is 5.08. The molecule has 0 aromatic carbocycles. The van der Waals surface area contributed by atoms with Crippen molar-refractivity contribution in [3.05, 3.63) is 0 Å². The Labute approximate surface area is 113 Å². The van der Waals surface area contributed by atoms with Crippen molar-refractivity contribution in [3.8, 4) is 0 Å². The smallest absolute Gasteiger partial charge is 0.0587 e. The highest BCUT2D eigenvalue weighted by atomic mass is 16.5. The van der Waals surface area contributed by atoms with Crippen molar-refractivity contribution in [1.82, 2.24) is 5.32 Å². The van der Waals surface area contributed by atoms with Gasteiger partial charge in [0.2, 0.25) is 0 Å². The highest BCUT2D eigenvalue weighted by molar-refractivity contribution is 5.01. The third-order valence-corrected chi connectivity index (χ3v) is 5.28. The van der Waals surface area contributed by atoms with Crippen LogP contribution in [0.3, 0.4) is 0 Å². The number of nitrogens with one attached hydrogen (secondary N) is 1. The summed E-state index contributed by atoms with van der Waals surface area (Å²) in [6.07, 6.45) is 8.84. The molecule has 0 aliphatic heterocycles. The number of hydrogen-bond acceptors (Lipinski definition) is 2. The van der Waals surface area contributed by atoms with Crippen LogP contribution in [-0.4, -0.2) is 26.8 Å². The first kappa shape index (κ1) is 14.3. The fourth-order valence-corrected chi connectivity index (χ4v) is 4.26. The standard InChI is InChI=1S/C16H31NO/c1-13(2)6-7-16(12-17-8-9-18-3)11-14-4-5-15(16)10-14/h13-15,17H,4-12H2,1-3H3. The van der Waals surface area contributed by atoms with E-state index in [0.717, 1.165) is 30.9 Å². The molecule has 2 rings (SSSR count). The lowest BCUT2D eigenvalue weighted by molar-refractivity contribution is 0.126. The van der Waals surface area contributed by atoms with Gasteiger partial charge in [0.1, 0.15) is 0 Å². The molecule has 18 heavy (non-hydrogen) atoms. The van der Waals surface area contributed by atoms with E-state index < -0.39 is 0 Å². The zero-order valence-corrected chi connectivity index (χ0v) is 12.5. The summed E-state index contributed by atoms with van der Waals surface area (Å²) in [4.78, 5) is 0. The number of hydrogen-bond donors (Lipinski definition) is 1. The van der Waals surface area contributed by atoms with Crippen molar-refractivity contribution in [2.24, 2.45) is 23.2 Å². The van der Waals surface area contributed by atoms with E-state index in [1.165, 1.54) is 45.1 Å². The molecule has 106 valence electrons. The second kappa shape index (κ2) is 6.38. The van der Waals surface area contributed by atoms with Gasteiger partial charge in [0.25, 0.3) is 0 Å². The SMILES string of the molecule is COCCNCC1(CCC(C)C)CC2CCC1C2. The maximum absolute atomic E-state index is 5.14. The van der Waals surface area contributed by atoms with Crippen LogP contribution in [0.15, 0.2) is 0 Å². The third-order valence-electron chi connectivity index (χ3n) is 5.28. The molecule has 0 aromatic rings. The molecule has 1 N–H and O–H groups in total. The van der Waals surface area contributed by atoms with Gasteiger partial charge < -0.3 is 10.1 Å². The zero-order chi connectivity index (χ0) is 13.0. The van der Waals surface area contributed by atoms with Crippen LogP contribution in [0.2, 0.25) is 0 Å². The van der Waals surface area contributed by atoms with Crippen LogP contribution in [0.5, 0.6) is 0 Å². The van der Waals surface area contributed by atoms with Gasteiger partial charge in [0.15, 0.2) is 0 Å². The Morgan fingerprint density at radius 1 is 1.33 bits per heavy atom. The Morgan fingerprint density at radius 3 is 2.72 bits per heavy atom. The van der Waals surface area contributed by atoms with Crippen molar-refractivity contribution in [1.29, 1.82) is 0 Å². The van der Waals surface area contributed by atoms with E-state index in [9.17, 15) is 0 Å². The van der Waals surface area contributed by atoms with Crippen molar-refractivity contribution < 1.29 is 4.74 Å². The molecule has 2 saturated carbocycles. The fourth-order valence-electron chi connectivity index (χ4n) is 4.26. The molecule has 2 bridgehead atoms. The summed E-state index contributed by atoms with van der Waals surface area (Å²) in [7, 11) is 1.79. The lowest BCUT2D eigenvalue weighted by Crippen LogP contribution is -2.40. The minimum atomic E-state index is 0.626. The van der Waals surface area contributed by atoms with Gasteiger partial charge in [0.05, 0.1) is 6.61 Å². The van der Waals surface area contributed by atoms with E-state index in [0.29, 0.717) is 5.41 Å². The number of rotatable bonds is 8. The van der Waals surface area contributed by atoms with Crippen molar-refractivity contribution in [2.45, 2.75) is 52.4 Å². The molecule has 0 spiro atoms. The molecule has 2 aliphatic rings. The predicted molar refractivity (Wildman–Crippen MR) is 76.7 cm³/mol. The molecule has 0 saturated heterocycles. The molecule has 0 aromatic heterocycles. The van der Waals surface area contributed by atoms with Crippen molar-refractivity contribution in [3.63, 3.8) is 0 Å². The zero-order valence-electron chi connectivity index (χ0n) is 12.5. The first-order chi connectivity index (χ1) is 8.66. The summed E-state index contributed by atoms with van der Waals surface area (Å²) < 4.78 is 5.14. The van der Waals surface area contributed by atoms with Gasteiger partial charge in [-0.05, 0) is 48.9 Å². The third kappa shape index (κ3) is 3.27. The van der Waals surface area contributed by atoms with Gasteiger partial charge in [-0.15, -0.1) is 0 Å². The Hall–Kier alpha value is -0.0800. The maximum atomic E-state index is 5.14. The quantitative estimate of drug-likeness (QED) is 0.669. The molecule has 3 atom stereocenters. The average Bonchev–Trinajstić information content (AvgIpc) is 2.93. The molecule has 2 fully saturated rings. The predicted octanol–water partition coefficient (Wildman–Crippen LogP) is 3.47. The molecular weight excluding hydrogens is 222 g/mol. The summed E-state index contributed by atoms with van der Waals surface area (Å²) in [6, 6.07) is 0. The topological polar surface area (TPSA) is 21.3 Å². The van der Waals surface area contributed by atoms with Gasteiger partial charge >= 0.3 is 0 Å². The second-order valence-corrected chi connectivity index (χ2v) is 7.04. The van der Waals surface area contributed by atoms with Crippen LogP contribution >= 0.6 is 0 Å². The normalized spacial score (nSPS) is 34.7. The van der Waals surface area contributed by atoms with E-state index in [1.807, 2.05) is 0 Å². The number of fused-ring (bicyclic) bond motifs is 2. The largest absolute Gasteiger partial charge is 0.383 e. The Morgan fingerprint density at radius 2 is 2.17 bits per heavy atom. The van der Waals surface area contributed by atoms with Crippen LogP contribution in [0, 0.1) is 23.2 Å². The highest BCUT2D eigenvalue weighted by Gasteiger charge is 2.49. The minimum Gasteiger partial charge on any atom is -0.383 e. The van der Waals surface area contributed by atoms with E-state index >= 15 is 0 Å². The van der Waals surface area contributed by atoms with Crippen LogP contribution in [0.4, 0.5) is 0 Å². The summed E-state index contributed by atoms with van der Waals surface area (Å²) in [5.74, 6) is 2.91. The molecule has 3 unspecified atom stereocenters. The summed E-state index contributed by atoms with van der Waals surface area (Å²) in [5, 5.41) is 3.65. The van der Waals surface area contributed by atoms with Crippen molar-refractivity contribution >= 4 is 0 Å².